The van der Waals surface area contributed by atoms with E-state index in [4.69, 9.17) is 4.74 Å². The lowest BCUT2D eigenvalue weighted by atomic mass is 10.1. The summed E-state index contributed by atoms with van der Waals surface area (Å²) in [4.78, 5) is 6.61. The highest BCUT2D eigenvalue weighted by molar-refractivity contribution is 5.79. The third kappa shape index (κ3) is 7.66. The van der Waals surface area contributed by atoms with Crippen molar-refractivity contribution in [3.63, 3.8) is 0 Å². The zero-order chi connectivity index (χ0) is 19.9. The second-order valence-electron chi connectivity index (χ2n) is 6.73. The molecular weight excluding hydrogens is 357 g/mol. The zero-order valence-electron chi connectivity index (χ0n) is 16.2. The van der Waals surface area contributed by atoms with E-state index in [2.05, 4.69) is 27.4 Å². The Labute approximate surface area is 159 Å². The van der Waals surface area contributed by atoms with Gasteiger partial charge in [-0.3, -0.25) is 9.89 Å². The molecule has 0 aliphatic heterocycles. The van der Waals surface area contributed by atoms with E-state index in [1.165, 1.54) is 12.8 Å². The van der Waals surface area contributed by atoms with E-state index in [1.807, 2.05) is 13.0 Å². The summed E-state index contributed by atoms with van der Waals surface area (Å²) >= 11 is 0. The highest BCUT2D eigenvalue weighted by Crippen LogP contribution is 2.26. The molecule has 0 unspecified atom stereocenters. The van der Waals surface area contributed by atoms with Gasteiger partial charge in [0.15, 0.2) is 12.6 Å². The van der Waals surface area contributed by atoms with Crippen LogP contribution in [0.2, 0.25) is 0 Å². The average Bonchev–Trinajstić information content (AvgIpc) is 3.45. The van der Waals surface area contributed by atoms with Gasteiger partial charge in [0.2, 0.25) is 0 Å². The van der Waals surface area contributed by atoms with E-state index in [9.17, 15) is 13.2 Å². The molecule has 0 amide bonds. The van der Waals surface area contributed by atoms with Crippen molar-refractivity contribution < 1.29 is 17.9 Å². The van der Waals surface area contributed by atoms with Crippen LogP contribution in [0.4, 0.5) is 13.2 Å². The molecule has 2 rings (SSSR count). The van der Waals surface area contributed by atoms with Crippen LogP contribution in [0.1, 0.15) is 30.9 Å². The molecule has 0 spiro atoms. The van der Waals surface area contributed by atoms with Crippen molar-refractivity contribution in [1.29, 1.82) is 0 Å². The topological polar surface area (TPSA) is 48.9 Å². The third-order valence-electron chi connectivity index (χ3n) is 4.44. The normalized spacial score (nSPS) is 15.1. The Bertz CT molecular complexity index is 630. The van der Waals surface area contributed by atoms with Crippen LogP contribution in [0.25, 0.3) is 0 Å². The molecule has 0 atom stereocenters. The van der Waals surface area contributed by atoms with Gasteiger partial charge in [-0.25, -0.2) is 0 Å². The van der Waals surface area contributed by atoms with Crippen LogP contribution < -0.4 is 15.4 Å². The van der Waals surface area contributed by atoms with Gasteiger partial charge in [-0.1, -0.05) is 19.1 Å². The van der Waals surface area contributed by atoms with Gasteiger partial charge in [0.05, 0.1) is 0 Å². The zero-order valence-corrected chi connectivity index (χ0v) is 16.2. The Balaban J connectivity index is 1.85. The molecule has 1 fully saturated rings. The van der Waals surface area contributed by atoms with Crippen LogP contribution in [-0.4, -0.2) is 56.4 Å². The fourth-order valence-corrected chi connectivity index (χ4v) is 2.86. The smallest absolute Gasteiger partial charge is 0.422 e. The highest BCUT2D eigenvalue weighted by Gasteiger charge is 2.29. The number of halogens is 3. The van der Waals surface area contributed by atoms with Gasteiger partial charge in [0, 0.05) is 38.3 Å². The van der Waals surface area contributed by atoms with Crippen molar-refractivity contribution in [2.45, 2.75) is 45.5 Å². The number of aryl methyl sites for hydroxylation is 1. The second kappa shape index (κ2) is 9.82. The number of benzene rings is 1. The number of aliphatic imine (C=N–C) groups is 1. The maximum absolute atomic E-state index is 12.5. The third-order valence-corrected chi connectivity index (χ3v) is 4.44. The van der Waals surface area contributed by atoms with Crippen LogP contribution in [-0.2, 0) is 6.54 Å². The fourth-order valence-electron chi connectivity index (χ4n) is 2.86. The van der Waals surface area contributed by atoms with Crippen molar-refractivity contribution in [1.82, 2.24) is 15.5 Å². The Morgan fingerprint density at radius 3 is 2.63 bits per heavy atom. The minimum Gasteiger partial charge on any atom is -0.484 e. The lowest BCUT2D eigenvalue weighted by molar-refractivity contribution is -0.153. The van der Waals surface area contributed by atoms with Crippen LogP contribution in [0.15, 0.2) is 23.2 Å². The average molecular weight is 386 g/mol. The minimum absolute atomic E-state index is 0.237. The van der Waals surface area contributed by atoms with Crippen LogP contribution >= 0.6 is 0 Å². The van der Waals surface area contributed by atoms with Gasteiger partial charge < -0.3 is 15.4 Å². The van der Waals surface area contributed by atoms with Crippen LogP contribution in [0, 0.1) is 6.92 Å². The molecule has 2 N–H and O–H groups in total. The molecule has 0 radical (unpaired) electrons. The van der Waals surface area contributed by atoms with E-state index in [0.29, 0.717) is 24.1 Å². The molecule has 8 heteroatoms. The van der Waals surface area contributed by atoms with Crippen molar-refractivity contribution in [2.75, 3.05) is 33.3 Å². The Kier molecular flexibility index (Phi) is 7.77. The number of guanidine groups is 1. The van der Waals surface area contributed by atoms with E-state index >= 15 is 0 Å². The molecule has 0 saturated heterocycles. The van der Waals surface area contributed by atoms with Gasteiger partial charge in [-0.05, 0) is 37.9 Å². The Morgan fingerprint density at radius 2 is 2.04 bits per heavy atom. The van der Waals surface area contributed by atoms with Crippen molar-refractivity contribution in [3.8, 4) is 5.75 Å². The number of rotatable bonds is 9. The largest absolute Gasteiger partial charge is 0.484 e. The SMILES string of the molecule is CCN(CCNC(=NC)NCc1ccc(C)cc1OCC(F)(F)F)C1CC1. The van der Waals surface area contributed by atoms with Crippen molar-refractivity contribution in [3.05, 3.63) is 29.3 Å². The lowest BCUT2D eigenvalue weighted by Crippen LogP contribution is -2.41. The second-order valence-corrected chi connectivity index (χ2v) is 6.73. The molecule has 0 aromatic heterocycles. The van der Waals surface area contributed by atoms with Gasteiger partial charge in [-0.15, -0.1) is 0 Å². The van der Waals surface area contributed by atoms with Crippen molar-refractivity contribution >= 4 is 5.96 Å². The first-order valence-electron chi connectivity index (χ1n) is 9.30. The first-order valence-corrected chi connectivity index (χ1v) is 9.30. The monoisotopic (exact) mass is 386 g/mol. The predicted molar refractivity (Wildman–Crippen MR) is 101 cm³/mol. The molecule has 152 valence electrons. The molecular formula is C19H29F3N4O. The lowest BCUT2D eigenvalue weighted by Gasteiger charge is -2.21. The standard InChI is InChI=1S/C19H29F3N4O/c1-4-26(16-7-8-16)10-9-24-18(23-3)25-12-15-6-5-14(2)11-17(15)27-13-19(20,21)22/h5-6,11,16H,4,7-10,12-13H2,1-3H3,(H2,23,24,25). The Hall–Kier alpha value is -1.96. The van der Waals surface area contributed by atoms with E-state index in [0.717, 1.165) is 25.2 Å². The molecule has 1 aliphatic rings. The first kappa shape index (κ1) is 21.3. The molecule has 1 aliphatic carbocycles. The maximum Gasteiger partial charge on any atom is 0.422 e. The molecule has 1 aromatic rings. The Morgan fingerprint density at radius 1 is 1.30 bits per heavy atom. The predicted octanol–water partition coefficient (Wildman–Crippen LogP) is 3.09. The summed E-state index contributed by atoms with van der Waals surface area (Å²) in [6.07, 6.45) is -1.82. The van der Waals surface area contributed by atoms with Gasteiger partial charge in [0.1, 0.15) is 5.75 Å². The fraction of sp³-hybridized carbons (Fsp3) is 0.632. The maximum atomic E-state index is 12.5. The summed E-state index contributed by atoms with van der Waals surface area (Å²) < 4.78 is 42.4. The first-order chi connectivity index (χ1) is 12.8. The van der Waals surface area contributed by atoms with E-state index < -0.39 is 12.8 Å². The number of likely N-dealkylation sites (N-methyl/N-ethyl adjacent to an activating group) is 1. The summed E-state index contributed by atoms with van der Waals surface area (Å²) in [5.74, 6) is 0.852. The molecule has 0 bridgehead atoms. The molecule has 1 aromatic carbocycles. The summed E-state index contributed by atoms with van der Waals surface area (Å²) in [6.45, 7) is 5.73. The van der Waals surface area contributed by atoms with Gasteiger partial charge in [-0.2, -0.15) is 13.2 Å². The number of hydrogen-bond donors (Lipinski definition) is 2. The van der Waals surface area contributed by atoms with E-state index in [-0.39, 0.29) is 5.75 Å². The summed E-state index contributed by atoms with van der Waals surface area (Å²) in [5.41, 5.74) is 1.50. The minimum atomic E-state index is -4.36. The van der Waals surface area contributed by atoms with Gasteiger partial charge in [0.25, 0.3) is 0 Å². The summed E-state index contributed by atoms with van der Waals surface area (Å²) in [6, 6.07) is 5.95. The summed E-state index contributed by atoms with van der Waals surface area (Å²) in [5, 5.41) is 6.39. The molecule has 1 saturated carbocycles. The van der Waals surface area contributed by atoms with Crippen molar-refractivity contribution in [2.24, 2.45) is 4.99 Å². The number of nitrogens with zero attached hydrogens (tertiary/aromatic N) is 2. The van der Waals surface area contributed by atoms with E-state index in [1.54, 1.807) is 19.2 Å². The van der Waals surface area contributed by atoms with Crippen LogP contribution in [0.5, 0.6) is 5.75 Å². The number of nitrogens with one attached hydrogen (secondary N) is 2. The molecule has 0 heterocycles. The molecule has 27 heavy (non-hydrogen) atoms. The number of hydrogen-bond acceptors (Lipinski definition) is 3. The highest BCUT2D eigenvalue weighted by atomic mass is 19.4. The number of alkyl halides is 3. The quantitative estimate of drug-likeness (QED) is 0.506. The summed E-state index contributed by atoms with van der Waals surface area (Å²) in [7, 11) is 1.67. The van der Waals surface area contributed by atoms with Gasteiger partial charge >= 0.3 is 6.18 Å². The van der Waals surface area contributed by atoms with Crippen LogP contribution in [0.3, 0.4) is 0 Å². The molecule has 5 nitrogen and oxygen atoms in total. The number of ether oxygens (including phenoxy) is 1.